The molecule has 0 radical (unpaired) electrons. The van der Waals surface area contributed by atoms with Crippen molar-refractivity contribution in [2.45, 2.75) is 6.10 Å². The quantitative estimate of drug-likeness (QED) is 0.846. The molecule has 0 unspecified atom stereocenters. The Morgan fingerprint density at radius 3 is 2.57 bits per heavy atom. The van der Waals surface area contributed by atoms with Gasteiger partial charge in [0.15, 0.2) is 16.6 Å². The second-order valence-corrected chi connectivity index (χ2v) is 5.44. The van der Waals surface area contributed by atoms with E-state index in [-0.39, 0.29) is 17.1 Å². The Labute approximate surface area is 139 Å². The highest BCUT2D eigenvalue weighted by atomic mass is 32.1. The van der Waals surface area contributed by atoms with Gasteiger partial charge in [-0.2, -0.15) is 0 Å². The highest BCUT2D eigenvalue weighted by molar-refractivity contribution is 7.80. The number of rotatable bonds is 3. The highest BCUT2D eigenvalue weighted by Crippen LogP contribution is 2.30. The van der Waals surface area contributed by atoms with Gasteiger partial charge in [-0.05, 0) is 36.5 Å². The van der Waals surface area contributed by atoms with Crippen molar-refractivity contribution < 1.29 is 14.3 Å². The van der Waals surface area contributed by atoms with Crippen LogP contribution in [0.25, 0.3) is 0 Å². The lowest BCUT2D eigenvalue weighted by Gasteiger charge is -2.26. The number of thiocarbonyl (C=S) groups is 1. The van der Waals surface area contributed by atoms with Crippen molar-refractivity contribution in [3.8, 4) is 11.5 Å². The number of hydrogen-bond donors (Lipinski definition) is 2. The molecule has 2 aromatic carbocycles. The summed E-state index contributed by atoms with van der Waals surface area (Å²) in [5.74, 6) is 1.21. The van der Waals surface area contributed by atoms with E-state index in [4.69, 9.17) is 21.7 Å². The fourth-order valence-corrected chi connectivity index (χ4v) is 2.36. The highest BCUT2D eigenvalue weighted by Gasteiger charge is 2.20. The third-order valence-electron chi connectivity index (χ3n) is 3.32. The molecule has 0 bridgehead atoms. The monoisotopic (exact) mass is 328 g/mol. The summed E-state index contributed by atoms with van der Waals surface area (Å²) in [4.78, 5) is 12.0. The Bertz CT molecular complexity index is 706. The number of nitrogens with one attached hydrogen (secondary N) is 2. The first-order valence-corrected chi connectivity index (χ1v) is 7.66. The van der Waals surface area contributed by atoms with Crippen molar-refractivity contribution in [2.24, 2.45) is 0 Å². The molecule has 0 saturated heterocycles. The minimum Gasteiger partial charge on any atom is -0.486 e. The number of carbonyl (C=O) groups is 1. The largest absolute Gasteiger partial charge is 0.486 e. The van der Waals surface area contributed by atoms with Crippen LogP contribution in [0.4, 0.5) is 0 Å². The number of benzene rings is 2. The maximum absolute atomic E-state index is 12.0. The molecule has 1 aliphatic heterocycles. The summed E-state index contributed by atoms with van der Waals surface area (Å²) in [7, 11) is 0. The second-order valence-electron chi connectivity index (χ2n) is 5.03. The van der Waals surface area contributed by atoms with E-state index in [9.17, 15) is 4.79 Å². The summed E-state index contributed by atoms with van der Waals surface area (Å²) in [6.45, 7) is 0.876. The van der Waals surface area contributed by atoms with Crippen LogP contribution in [0.1, 0.15) is 10.4 Å². The molecule has 0 spiro atoms. The van der Waals surface area contributed by atoms with Crippen LogP contribution in [0, 0.1) is 0 Å². The predicted octanol–water partition coefficient (Wildman–Crippen LogP) is 2.13. The zero-order chi connectivity index (χ0) is 16.1. The van der Waals surface area contributed by atoms with E-state index >= 15 is 0 Å². The molecule has 1 atom stereocenters. The topological polar surface area (TPSA) is 59.6 Å². The van der Waals surface area contributed by atoms with Crippen molar-refractivity contribution in [3.63, 3.8) is 0 Å². The fraction of sp³-hybridized carbons (Fsp3) is 0.176. The van der Waals surface area contributed by atoms with Crippen molar-refractivity contribution in [2.75, 3.05) is 13.2 Å². The molecule has 1 aliphatic rings. The minimum atomic E-state index is -0.241. The van der Waals surface area contributed by atoms with Crippen LogP contribution in [0.5, 0.6) is 11.5 Å². The molecule has 0 aromatic heterocycles. The minimum absolute atomic E-state index is 0.170. The lowest BCUT2D eigenvalue weighted by molar-refractivity contribution is 0.0928. The molecule has 5 nitrogen and oxygen atoms in total. The lowest BCUT2D eigenvalue weighted by Crippen LogP contribution is -2.45. The van der Waals surface area contributed by atoms with Crippen LogP contribution in [-0.2, 0) is 0 Å². The van der Waals surface area contributed by atoms with Gasteiger partial charge in [-0.25, -0.2) is 0 Å². The number of ether oxygens (including phenoxy) is 2. The Morgan fingerprint density at radius 2 is 1.78 bits per heavy atom. The van der Waals surface area contributed by atoms with Gasteiger partial charge in [0.2, 0.25) is 0 Å². The molecule has 0 saturated carbocycles. The van der Waals surface area contributed by atoms with Crippen LogP contribution < -0.4 is 20.1 Å². The molecule has 1 heterocycles. The van der Waals surface area contributed by atoms with E-state index in [2.05, 4.69) is 10.6 Å². The number of hydrogen-bond acceptors (Lipinski definition) is 4. The zero-order valence-electron chi connectivity index (χ0n) is 12.3. The third kappa shape index (κ3) is 3.98. The Kier molecular flexibility index (Phi) is 4.73. The van der Waals surface area contributed by atoms with E-state index in [0.717, 1.165) is 5.75 Å². The second kappa shape index (κ2) is 7.11. The zero-order valence-corrected chi connectivity index (χ0v) is 13.1. The number of carbonyl (C=O) groups excluding carboxylic acids is 1. The number of amides is 1. The van der Waals surface area contributed by atoms with E-state index in [0.29, 0.717) is 24.5 Å². The standard InChI is InChI=1S/C17H16N2O3S/c20-16(12-6-2-1-3-7-12)19-17(23)18-10-13-11-21-14-8-4-5-9-15(14)22-13/h1-9,13H,10-11H2,(H2,18,19,20,23)/t13-/m1/s1. The maximum Gasteiger partial charge on any atom is 0.257 e. The summed E-state index contributed by atoms with van der Waals surface area (Å²) in [6.07, 6.45) is -0.170. The Hall–Kier alpha value is -2.60. The molecule has 1 amide bonds. The molecule has 2 N–H and O–H groups in total. The summed E-state index contributed by atoms with van der Waals surface area (Å²) < 4.78 is 11.4. The summed E-state index contributed by atoms with van der Waals surface area (Å²) in [5.41, 5.74) is 0.558. The summed E-state index contributed by atoms with van der Waals surface area (Å²) in [5, 5.41) is 5.88. The van der Waals surface area contributed by atoms with Gasteiger partial charge in [0.1, 0.15) is 12.7 Å². The van der Waals surface area contributed by atoms with E-state index in [1.165, 1.54) is 0 Å². The average molecular weight is 328 g/mol. The van der Waals surface area contributed by atoms with Gasteiger partial charge in [0.25, 0.3) is 5.91 Å². The lowest BCUT2D eigenvalue weighted by atomic mass is 10.2. The van der Waals surface area contributed by atoms with Gasteiger partial charge < -0.3 is 14.8 Å². The van der Waals surface area contributed by atoms with Crippen molar-refractivity contribution in [3.05, 3.63) is 60.2 Å². The molecule has 0 aliphatic carbocycles. The van der Waals surface area contributed by atoms with Crippen LogP contribution in [0.3, 0.4) is 0 Å². The number of fused-ring (bicyclic) bond motifs is 1. The molecule has 118 valence electrons. The smallest absolute Gasteiger partial charge is 0.257 e. The van der Waals surface area contributed by atoms with Crippen LogP contribution in [0.15, 0.2) is 54.6 Å². The van der Waals surface area contributed by atoms with E-state index in [1.807, 2.05) is 30.3 Å². The van der Waals surface area contributed by atoms with Gasteiger partial charge in [-0.15, -0.1) is 0 Å². The number of para-hydroxylation sites is 2. The SMILES string of the molecule is O=C(NC(=S)NC[C@@H]1COc2ccccc2O1)c1ccccc1. The van der Waals surface area contributed by atoms with Gasteiger partial charge in [-0.1, -0.05) is 30.3 Å². The molecular formula is C17H16N2O3S. The molecule has 2 aromatic rings. The van der Waals surface area contributed by atoms with Gasteiger partial charge in [-0.3, -0.25) is 10.1 Å². The summed E-state index contributed by atoms with van der Waals surface area (Å²) in [6, 6.07) is 16.4. The van der Waals surface area contributed by atoms with Crippen molar-refractivity contribution in [1.29, 1.82) is 0 Å². The van der Waals surface area contributed by atoms with Crippen LogP contribution in [-0.4, -0.2) is 30.3 Å². The van der Waals surface area contributed by atoms with Gasteiger partial charge in [0, 0.05) is 5.56 Å². The molecule has 3 rings (SSSR count). The molecule has 6 heteroatoms. The third-order valence-corrected chi connectivity index (χ3v) is 3.57. The van der Waals surface area contributed by atoms with Gasteiger partial charge >= 0.3 is 0 Å². The van der Waals surface area contributed by atoms with E-state index < -0.39 is 0 Å². The Balaban J connectivity index is 1.48. The van der Waals surface area contributed by atoms with Crippen LogP contribution >= 0.6 is 12.2 Å². The normalized spacial score (nSPS) is 15.6. The van der Waals surface area contributed by atoms with Crippen molar-refractivity contribution in [1.82, 2.24) is 10.6 Å². The fourth-order valence-electron chi connectivity index (χ4n) is 2.18. The first kappa shape index (κ1) is 15.3. The first-order chi connectivity index (χ1) is 11.2. The average Bonchev–Trinajstić information content (AvgIpc) is 2.60. The first-order valence-electron chi connectivity index (χ1n) is 7.25. The van der Waals surface area contributed by atoms with Gasteiger partial charge in [0.05, 0.1) is 6.54 Å². The predicted molar refractivity (Wildman–Crippen MR) is 90.9 cm³/mol. The van der Waals surface area contributed by atoms with Crippen LogP contribution in [0.2, 0.25) is 0 Å². The van der Waals surface area contributed by atoms with Crippen molar-refractivity contribution >= 4 is 23.2 Å². The Morgan fingerprint density at radius 1 is 1.09 bits per heavy atom. The summed E-state index contributed by atoms with van der Waals surface area (Å²) >= 11 is 5.14. The molecular weight excluding hydrogens is 312 g/mol. The molecule has 23 heavy (non-hydrogen) atoms. The molecule has 0 fully saturated rings. The maximum atomic E-state index is 12.0. The van der Waals surface area contributed by atoms with E-state index in [1.54, 1.807) is 24.3 Å².